The number of likely N-dealkylation sites (N-methyl/N-ethyl adjacent to an activating group) is 1. The van der Waals surface area contributed by atoms with E-state index >= 15 is 0 Å². The lowest BCUT2D eigenvalue weighted by Crippen LogP contribution is -2.42. The monoisotopic (exact) mass is 497 g/mol. The number of carbonyl (C=O) groups is 1. The van der Waals surface area contributed by atoms with Gasteiger partial charge in [0.05, 0.1) is 34.4 Å². The van der Waals surface area contributed by atoms with Gasteiger partial charge in [-0.25, -0.2) is 4.79 Å². The molecule has 11 nitrogen and oxygen atoms in total. The highest BCUT2D eigenvalue weighted by Crippen LogP contribution is 2.38. The smallest absolute Gasteiger partial charge is 0.330 e. The Bertz CT molecular complexity index is 1290. The van der Waals surface area contributed by atoms with Crippen LogP contribution in [-0.4, -0.2) is 49.9 Å². The van der Waals surface area contributed by atoms with Crippen molar-refractivity contribution in [3.8, 4) is 17.2 Å². The molecule has 0 atom stereocenters. The van der Waals surface area contributed by atoms with E-state index in [4.69, 9.17) is 19.9 Å². The van der Waals surface area contributed by atoms with Gasteiger partial charge in [0.15, 0.2) is 11.5 Å². The van der Waals surface area contributed by atoms with Crippen LogP contribution in [0.5, 0.6) is 17.2 Å². The standard InChI is InChI=1S/C25H31N5O6/c1-5-29(15-20(31)27-13-17-11-18(34-2)22(36-4)19(12-17)35-3)21-23(26)30(25(33)28-24(21)32)14-16-9-7-6-8-10-16/h6-12H,5,13-15,26H2,1-4H3,(H,27,31)(H,28,32,33). The Labute approximate surface area is 208 Å². The summed E-state index contributed by atoms with van der Waals surface area (Å²) in [4.78, 5) is 41.8. The maximum Gasteiger partial charge on any atom is 0.330 e. The number of aromatic nitrogens is 2. The van der Waals surface area contributed by atoms with Crippen LogP contribution < -0.4 is 41.4 Å². The lowest BCUT2D eigenvalue weighted by molar-refractivity contribution is -0.119. The molecule has 0 aliphatic heterocycles. The summed E-state index contributed by atoms with van der Waals surface area (Å²) in [6.45, 7) is 2.33. The van der Waals surface area contributed by atoms with Gasteiger partial charge in [-0.1, -0.05) is 30.3 Å². The fraction of sp³-hybridized carbons (Fsp3) is 0.320. The van der Waals surface area contributed by atoms with Crippen molar-refractivity contribution in [2.75, 3.05) is 45.1 Å². The third kappa shape index (κ3) is 5.80. The second-order valence-electron chi connectivity index (χ2n) is 7.89. The number of carbonyl (C=O) groups excluding carboxylic acids is 1. The number of rotatable bonds is 11. The zero-order chi connectivity index (χ0) is 26.2. The quantitative estimate of drug-likeness (QED) is 0.360. The lowest BCUT2D eigenvalue weighted by Gasteiger charge is -2.24. The molecule has 1 amide bonds. The van der Waals surface area contributed by atoms with E-state index in [1.165, 1.54) is 30.8 Å². The van der Waals surface area contributed by atoms with Crippen LogP contribution in [0.1, 0.15) is 18.1 Å². The molecule has 192 valence electrons. The maximum absolute atomic E-state index is 12.8. The highest BCUT2D eigenvalue weighted by molar-refractivity contribution is 5.82. The number of nitrogens with two attached hydrogens (primary N) is 1. The molecule has 0 radical (unpaired) electrons. The van der Waals surface area contributed by atoms with Gasteiger partial charge in [-0.2, -0.15) is 0 Å². The van der Waals surface area contributed by atoms with E-state index in [9.17, 15) is 14.4 Å². The van der Waals surface area contributed by atoms with Crippen molar-refractivity contribution in [3.05, 3.63) is 74.4 Å². The van der Waals surface area contributed by atoms with Crippen molar-refractivity contribution < 1.29 is 19.0 Å². The molecule has 1 heterocycles. The van der Waals surface area contributed by atoms with E-state index in [1.807, 2.05) is 30.3 Å². The number of amides is 1. The minimum absolute atomic E-state index is 0.00752. The van der Waals surface area contributed by atoms with Crippen molar-refractivity contribution >= 4 is 17.4 Å². The average Bonchev–Trinajstić information content (AvgIpc) is 2.88. The summed E-state index contributed by atoms with van der Waals surface area (Å²) in [5.74, 6) is 1.04. The SMILES string of the molecule is CCN(CC(=O)NCc1cc(OC)c(OC)c(OC)c1)c1c(N)n(Cc2ccccc2)c(=O)[nH]c1=O. The van der Waals surface area contributed by atoms with Crippen LogP contribution in [0.15, 0.2) is 52.1 Å². The topological polar surface area (TPSA) is 141 Å². The molecular formula is C25H31N5O6. The number of nitrogen functional groups attached to an aromatic ring is 1. The predicted molar refractivity (Wildman–Crippen MR) is 137 cm³/mol. The molecule has 4 N–H and O–H groups in total. The third-order valence-corrected chi connectivity index (χ3v) is 5.64. The molecule has 0 saturated carbocycles. The number of anilines is 2. The minimum Gasteiger partial charge on any atom is -0.493 e. The van der Waals surface area contributed by atoms with Gasteiger partial charge in [-0.05, 0) is 30.2 Å². The van der Waals surface area contributed by atoms with Crippen molar-refractivity contribution in [2.45, 2.75) is 20.0 Å². The summed E-state index contributed by atoms with van der Waals surface area (Å²) < 4.78 is 17.3. The second-order valence-corrected chi connectivity index (χ2v) is 7.89. The number of hydrogen-bond donors (Lipinski definition) is 3. The van der Waals surface area contributed by atoms with Crippen LogP contribution in [0.2, 0.25) is 0 Å². The highest BCUT2D eigenvalue weighted by Gasteiger charge is 2.20. The van der Waals surface area contributed by atoms with Gasteiger partial charge in [0, 0.05) is 13.1 Å². The summed E-state index contributed by atoms with van der Waals surface area (Å²) in [5.41, 5.74) is 6.64. The largest absolute Gasteiger partial charge is 0.493 e. The number of nitrogens with zero attached hydrogens (tertiary/aromatic N) is 2. The van der Waals surface area contributed by atoms with Crippen LogP contribution in [0.3, 0.4) is 0 Å². The van der Waals surface area contributed by atoms with E-state index in [-0.39, 0.29) is 37.0 Å². The van der Waals surface area contributed by atoms with Gasteiger partial charge in [-0.15, -0.1) is 0 Å². The second kappa shape index (κ2) is 11.8. The molecule has 0 bridgehead atoms. The Morgan fingerprint density at radius 1 is 1.03 bits per heavy atom. The molecule has 36 heavy (non-hydrogen) atoms. The average molecular weight is 498 g/mol. The zero-order valence-corrected chi connectivity index (χ0v) is 20.8. The Morgan fingerprint density at radius 2 is 1.67 bits per heavy atom. The van der Waals surface area contributed by atoms with E-state index in [1.54, 1.807) is 19.1 Å². The molecule has 11 heteroatoms. The Morgan fingerprint density at radius 3 is 2.22 bits per heavy atom. The van der Waals surface area contributed by atoms with Gasteiger partial charge in [-0.3, -0.25) is 19.1 Å². The van der Waals surface area contributed by atoms with E-state index < -0.39 is 11.2 Å². The number of hydrogen-bond acceptors (Lipinski definition) is 8. The minimum atomic E-state index is -0.652. The zero-order valence-electron chi connectivity index (χ0n) is 20.8. The summed E-state index contributed by atoms with van der Waals surface area (Å²) in [7, 11) is 4.54. The molecule has 1 aromatic heterocycles. The molecule has 2 aromatic carbocycles. The summed E-state index contributed by atoms with van der Waals surface area (Å²) in [6, 6.07) is 12.7. The van der Waals surface area contributed by atoms with Crippen molar-refractivity contribution in [2.24, 2.45) is 0 Å². The number of ether oxygens (including phenoxy) is 3. The highest BCUT2D eigenvalue weighted by atomic mass is 16.5. The molecule has 0 aliphatic carbocycles. The molecule has 0 aliphatic rings. The fourth-order valence-electron chi connectivity index (χ4n) is 3.82. The van der Waals surface area contributed by atoms with Crippen LogP contribution >= 0.6 is 0 Å². The predicted octanol–water partition coefficient (Wildman–Crippen LogP) is 1.34. The fourth-order valence-corrected chi connectivity index (χ4v) is 3.82. The van der Waals surface area contributed by atoms with Crippen molar-refractivity contribution in [1.29, 1.82) is 0 Å². The van der Waals surface area contributed by atoms with Gasteiger partial charge < -0.3 is 30.2 Å². The summed E-state index contributed by atoms with van der Waals surface area (Å²) >= 11 is 0. The Balaban J connectivity index is 1.79. The Kier molecular flexibility index (Phi) is 8.61. The van der Waals surface area contributed by atoms with Gasteiger partial charge >= 0.3 is 5.69 Å². The lowest BCUT2D eigenvalue weighted by atomic mass is 10.1. The third-order valence-electron chi connectivity index (χ3n) is 5.64. The summed E-state index contributed by atoms with van der Waals surface area (Å²) in [5, 5.41) is 2.82. The van der Waals surface area contributed by atoms with Crippen LogP contribution in [-0.2, 0) is 17.9 Å². The molecule has 0 unspecified atom stereocenters. The van der Waals surface area contributed by atoms with Crippen LogP contribution in [0, 0.1) is 0 Å². The van der Waals surface area contributed by atoms with Crippen LogP contribution in [0.4, 0.5) is 11.5 Å². The van der Waals surface area contributed by atoms with E-state index in [0.29, 0.717) is 23.8 Å². The summed E-state index contributed by atoms with van der Waals surface area (Å²) in [6.07, 6.45) is 0. The molecule has 0 saturated heterocycles. The van der Waals surface area contributed by atoms with Crippen LogP contribution in [0.25, 0.3) is 0 Å². The van der Waals surface area contributed by atoms with Gasteiger partial charge in [0.2, 0.25) is 11.7 Å². The van der Waals surface area contributed by atoms with Crippen molar-refractivity contribution in [3.63, 3.8) is 0 Å². The molecular weight excluding hydrogens is 466 g/mol. The number of methoxy groups -OCH3 is 3. The Hall–Kier alpha value is -4.41. The number of nitrogens with one attached hydrogen (secondary N) is 2. The maximum atomic E-state index is 12.8. The van der Waals surface area contributed by atoms with Gasteiger partial charge in [0.25, 0.3) is 5.56 Å². The first-order chi connectivity index (χ1) is 17.3. The normalized spacial score (nSPS) is 10.6. The first kappa shape index (κ1) is 26.2. The molecule has 3 aromatic rings. The van der Waals surface area contributed by atoms with E-state index in [2.05, 4.69) is 10.3 Å². The van der Waals surface area contributed by atoms with E-state index in [0.717, 1.165) is 11.1 Å². The number of aromatic amines is 1. The molecule has 3 rings (SSSR count). The van der Waals surface area contributed by atoms with Gasteiger partial charge in [0.1, 0.15) is 11.5 Å². The number of H-pyrrole nitrogens is 1. The van der Waals surface area contributed by atoms with Crippen molar-refractivity contribution in [1.82, 2.24) is 14.9 Å². The molecule has 0 spiro atoms. The molecule has 0 fully saturated rings. The first-order valence-electron chi connectivity index (χ1n) is 11.3. The first-order valence-corrected chi connectivity index (χ1v) is 11.3. The number of benzene rings is 2.